The molecule has 1 amide bonds. The van der Waals surface area contributed by atoms with Crippen LogP contribution in [0.2, 0.25) is 5.02 Å². The van der Waals surface area contributed by atoms with E-state index in [-0.39, 0.29) is 29.6 Å². The van der Waals surface area contributed by atoms with Crippen LogP contribution in [-0.4, -0.2) is 19.0 Å². The summed E-state index contributed by atoms with van der Waals surface area (Å²) in [6.07, 6.45) is 3.45. The maximum absolute atomic E-state index is 11.8. The maximum atomic E-state index is 11.8. The first-order valence-corrected chi connectivity index (χ1v) is 7.19. The molecule has 5 heteroatoms. The molecule has 2 rings (SSSR count). The van der Waals surface area contributed by atoms with Gasteiger partial charge in [-0.15, -0.1) is 12.4 Å². The molecule has 1 saturated carbocycles. The lowest BCUT2D eigenvalue weighted by Crippen LogP contribution is -2.47. The summed E-state index contributed by atoms with van der Waals surface area (Å²) in [6, 6.07) is 7.97. The van der Waals surface area contributed by atoms with Crippen LogP contribution < -0.4 is 11.1 Å². The summed E-state index contributed by atoms with van der Waals surface area (Å²) in [5, 5.41) is 3.79. The van der Waals surface area contributed by atoms with E-state index in [9.17, 15) is 4.79 Å². The number of nitrogens with two attached hydrogens (primary N) is 1. The zero-order chi connectivity index (χ0) is 13.9. The largest absolute Gasteiger partial charge is 0.355 e. The summed E-state index contributed by atoms with van der Waals surface area (Å²) < 4.78 is 0. The van der Waals surface area contributed by atoms with Gasteiger partial charge in [0.2, 0.25) is 5.91 Å². The highest BCUT2D eigenvalue weighted by atomic mass is 35.5. The van der Waals surface area contributed by atoms with Crippen LogP contribution in [0.25, 0.3) is 0 Å². The Morgan fingerprint density at radius 2 is 2.00 bits per heavy atom. The Hall–Kier alpha value is -0.770. The Balaban J connectivity index is 0.00000200. The Morgan fingerprint density at radius 1 is 1.40 bits per heavy atom. The average Bonchev–Trinajstić information content (AvgIpc) is 2.38. The first-order chi connectivity index (χ1) is 9.07. The second-order valence-corrected chi connectivity index (χ2v) is 5.93. The number of nitrogens with one attached hydrogen (secondary N) is 1. The van der Waals surface area contributed by atoms with Crippen molar-refractivity contribution in [3.8, 4) is 0 Å². The molecule has 1 unspecified atom stereocenters. The molecule has 3 N–H and O–H groups in total. The van der Waals surface area contributed by atoms with Crippen LogP contribution in [0.3, 0.4) is 0 Å². The Labute approximate surface area is 131 Å². The minimum Gasteiger partial charge on any atom is -0.355 e. The molecule has 0 heterocycles. The van der Waals surface area contributed by atoms with Gasteiger partial charge in [-0.3, -0.25) is 4.79 Å². The van der Waals surface area contributed by atoms with Crippen molar-refractivity contribution in [2.75, 3.05) is 13.1 Å². The summed E-state index contributed by atoms with van der Waals surface area (Å²) in [7, 11) is 0. The first kappa shape index (κ1) is 17.3. The number of hydrogen-bond acceptors (Lipinski definition) is 2. The van der Waals surface area contributed by atoms with E-state index in [0.29, 0.717) is 13.1 Å². The van der Waals surface area contributed by atoms with Crippen LogP contribution in [0.1, 0.15) is 31.7 Å². The summed E-state index contributed by atoms with van der Waals surface area (Å²) in [6.45, 7) is 2.93. The van der Waals surface area contributed by atoms with Gasteiger partial charge in [-0.05, 0) is 30.5 Å². The number of amides is 1. The van der Waals surface area contributed by atoms with Gasteiger partial charge in [-0.2, -0.15) is 0 Å². The lowest BCUT2D eigenvalue weighted by atomic mass is 9.64. The van der Waals surface area contributed by atoms with Gasteiger partial charge in [0, 0.05) is 29.4 Å². The van der Waals surface area contributed by atoms with Crippen LogP contribution in [0, 0.1) is 5.92 Å². The fourth-order valence-electron chi connectivity index (χ4n) is 2.51. The molecule has 1 atom stereocenters. The van der Waals surface area contributed by atoms with Crippen molar-refractivity contribution in [2.45, 2.75) is 31.6 Å². The molecule has 0 bridgehead atoms. The highest BCUT2D eigenvalue weighted by Crippen LogP contribution is 2.43. The van der Waals surface area contributed by atoms with E-state index in [1.54, 1.807) is 0 Å². The van der Waals surface area contributed by atoms with Gasteiger partial charge in [0.25, 0.3) is 0 Å². The normalized spacial score (nSPS) is 17.6. The zero-order valence-electron chi connectivity index (χ0n) is 11.7. The molecule has 20 heavy (non-hydrogen) atoms. The first-order valence-electron chi connectivity index (χ1n) is 6.81. The SMILES string of the molecule is CC(CN)C(=O)NCC1(c2ccc(Cl)cc2)CCC1.Cl. The Kier molecular flexibility index (Phi) is 6.31. The van der Waals surface area contributed by atoms with E-state index in [0.717, 1.165) is 17.9 Å². The van der Waals surface area contributed by atoms with Crippen molar-refractivity contribution in [1.29, 1.82) is 0 Å². The van der Waals surface area contributed by atoms with Gasteiger partial charge in [0.1, 0.15) is 0 Å². The second-order valence-electron chi connectivity index (χ2n) is 5.50. The zero-order valence-corrected chi connectivity index (χ0v) is 13.3. The summed E-state index contributed by atoms with van der Waals surface area (Å²) >= 11 is 5.93. The fourth-order valence-corrected chi connectivity index (χ4v) is 2.64. The van der Waals surface area contributed by atoms with Crippen LogP contribution in [0.5, 0.6) is 0 Å². The summed E-state index contributed by atoms with van der Waals surface area (Å²) in [4.78, 5) is 11.8. The molecular formula is C15H22Cl2N2O. The molecule has 0 aliphatic heterocycles. The second kappa shape index (κ2) is 7.30. The highest BCUT2D eigenvalue weighted by molar-refractivity contribution is 6.30. The van der Waals surface area contributed by atoms with E-state index in [4.69, 9.17) is 17.3 Å². The molecule has 0 radical (unpaired) electrons. The van der Waals surface area contributed by atoms with E-state index < -0.39 is 0 Å². The van der Waals surface area contributed by atoms with Crippen LogP contribution >= 0.6 is 24.0 Å². The molecule has 1 aliphatic rings. The molecule has 1 aliphatic carbocycles. The van der Waals surface area contributed by atoms with Gasteiger partial charge < -0.3 is 11.1 Å². The van der Waals surface area contributed by atoms with Gasteiger partial charge in [-0.25, -0.2) is 0 Å². The van der Waals surface area contributed by atoms with E-state index >= 15 is 0 Å². The fraction of sp³-hybridized carbons (Fsp3) is 0.533. The monoisotopic (exact) mass is 316 g/mol. The van der Waals surface area contributed by atoms with Crippen molar-refractivity contribution < 1.29 is 4.79 Å². The van der Waals surface area contributed by atoms with Crippen LogP contribution in [-0.2, 0) is 10.2 Å². The number of hydrogen-bond donors (Lipinski definition) is 2. The number of carbonyl (C=O) groups excluding carboxylic acids is 1. The maximum Gasteiger partial charge on any atom is 0.224 e. The summed E-state index contributed by atoms with van der Waals surface area (Å²) in [5.74, 6) is -0.0786. The number of benzene rings is 1. The Morgan fingerprint density at radius 3 is 2.45 bits per heavy atom. The predicted octanol–water partition coefficient (Wildman–Crippen LogP) is 2.89. The van der Waals surface area contributed by atoms with Gasteiger partial charge in [0.05, 0.1) is 0 Å². The van der Waals surface area contributed by atoms with E-state index in [2.05, 4.69) is 17.4 Å². The molecule has 1 aromatic rings. The van der Waals surface area contributed by atoms with Crippen molar-refractivity contribution in [2.24, 2.45) is 11.7 Å². The van der Waals surface area contributed by atoms with Crippen molar-refractivity contribution in [1.82, 2.24) is 5.32 Å². The number of rotatable bonds is 5. The molecular weight excluding hydrogens is 295 g/mol. The standard InChI is InChI=1S/C15H21ClN2O.ClH/c1-11(9-17)14(19)18-10-15(7-2-8-15)12-3-5-13(16)6-4-12;/h3-6,11H,2,7-10,17H2,1H3,(H,18,19);1H. The molecule has 1 fully saturated rings. The lowest BCUT2D eigenvalue weighted by molar-refractivity contribution is -0.124. The third-order valence-corrected chi connectivity index (χ3v) is 4.42. The molecule has 0 aromatic heterocycles. The quantitative estimate of drug-likeness (QED) is 0.877. The Bertz CT molecular complexity index is 444. The number of halogens is 2. The molecule has 0 saturated heterocycles. The van der Waals surface area contributed by atoms with Gasteiger partial charge in [0.15, 0.2) is 0 Å². The predicted molar refractivity (Wildman–Crippen MR) is 85.5 cm³/mol. The summed E-state index contributed by atoms with van der Waals surface area (Å²) in [5.41, 5.74) is 6.87. The van der Waals surface area contributed by atoms with Crippen molar-refractivity contribution in [3.63, 3.8) is 0 Å². The highest BCUT2D eigenvalue weighted by Gasteiger charge is 2.38. The van der Waals surface area contributed by atoms with E-state index in [1.165, 1.54) is 12.0 Å². The van der Waals surface area contributed by atoms with Crippen LogP contribution in [0.15, 0.2) is 24.3 Å². The third-order valence-electron chi connectivity index (χ3n) is 4.17. The third kappa shape index (κ3) is 3.66. The minimum absolute atomic E-state index is 0. The molecule has 0 spiro atoms. The van der Waals surface area contributed by atoms with Crippen molar-refractivity contribution >= 4 is 29.9 Å². The van der Waals surface area contributed by atoms with Gasteiger partial charge in [-0.1, -0.05) is 37.1 Å². The van der Waals surface area contributed by atoms with Crippen LogP contribution in [0.4, 0.5) is 0 Å². The van der Waals surface area contributed by atoms with E-state index in [1.807, 2.05) is 19.1 Å². The topological polar surface area (TPSA) is 55.1 Å². The number of carbonyl (C=O) groups is 1. The minimum atomic E-state index is -0.123. The molecule has 3 nitrogen and oxygen atoms in total. The van der Waals surface area contributed by atoms with Crippen molar-refractivity contribution in [3.05, 3.63) is 34.9 Å². The van der Waals surface area contributed by atoms with Gasteiger partial charge >= 0.3 is 0 Å². The molecule has 1 aromatic carbocycles. The average molecular weight is 317 g/mol. The smallest absolute Gasteiger partial charge is 0.224 e. The molecule has 112 valence electrons. The lowest BCUT2D eigenvalue weighted by Gasteiger charge is -2.42.